The Morgan fingerprint density at radius 2 is 1.94 bits per heavy atom. The number of hydrogen-bond donors (Lipinski definition) is 1. The Hall–Kier alpha value is -2.11. The van der Waals surface area contributed by atoms with E-state index < -0.39 is 15.9 Å². The van der Waals surface area contributed by atoms with E-state index in [0.717, 1.165) is 13.1 Å². The maximum Gasteiger partial charge on any atom is 0.175 e. The fraction of sp³-hybridized carbons (Fsp3) is 0.435. The second kappa shape index (κ2) is 9.58. The van der Waals surface area contributed by atoms with Crippen LogP contribution in [-0.2, 0) is 9.84 Å². The molecule has 1 aliphatic heterocycles. The zero-order valence-electron chi connectivity index (χ0n) is 17.8. The van der Waals surface area contributed by atoms with Crippen molar-refractivity contribution in [1.82, 2.24) is 4.90 Å². The molecule has 1 N–H and O–H groups in total. The van der Waals surface area contributed by atoms with Crippen LogP contribution in [0.25, 0.3) is 0 Å². The summed E-state index contributed by atoms with van der Waals surface area (Å²) in [5.41, 5.74) is 1.06. The molecule has 4 atom stereocenters. The molecule has 0 amide bonds. The zero-order chi connectivity index (χ0) is 22.8. The van der Waals surface area contributed by atoms with Gasteiger partial charge in [0.1, 0.15) is 5.75 Å². The maximum absolute atomic E-state index is 11.6. The van der Waals surface area contributed by atoms with Crippen LogP contribution in [0, 0.1) is 23.2 Å². The van der Waals surface area contributed by atoms with Crippen molar-refractivity contribution in [3.63, 3.8) is 0 Å². The number of nitriles is 1. The molecule has 0 aromatic heterocycles. The van der Waals surface area contributed by atoms with Crippen LogP contribution in [-0.4, -0.2) is 50.4 Å². The van der Waals surface area contributed by atoms with Crippen molar-refractivity contribution in [2.24, 2.45) is 11.8 Å². The topological polar surface area (TPSA) is 90.6 Å². The van der Waals surface area contributed by atoms with E-state index in [1.807, 2.05) is 6.92 Å². The molecule has 0 aliphatic carbocycles. The Morgan fingerprint density at radius 3 is 2.55 bits per heavy atom. The van der Waals surface area contributed by atoms with Crippen LogP contribution >= 0.6 is 11.6 Å². The first-order valence-electron chi connectivity index (χ1n) is 10.1. The van der Waals surface area contributed by atoms with Gasteiger partial charge in [0.2, 0.25) is 0 Å². The summed E-state index contributed by atoms with van der Waals surface area (Å²) in [6, 6.07) is 13.3. The molecule has 0 spiro atoms. The summed E-state index contributed by atoms with van der Waals surface area (Å²) in [6.07, 6.45) is 0.416. The van der Waals surface area contributed by atoms with E-state index in [4.69, 9.17) is 21.6 Å². The number of halogens is 1. The fourth-order valence-electron chi connectivity index (χ4n) is 3.94. The van der Waals surface area contributed by atoms with Gasteiger partial charge < -0.3 is 9.84 Å². The third kappa shape index (κ3) is 5.78. The van der Waals surface area contributed by atoms with Crippen molar-refractivity contribution in [1.29, 1.82) is 5.26 Å². The van der Waals surface area contributed by atoms with Gasteiger partial charge in [0.15, 0.2) is 9.84 Å². The third-order valence-corrected chi connectivity index (χ3v) is 7.28. The first kappa shape index (κ1) is 23.6. The molecular weight excluding hydrogens is 436 g/mol. The molecule has 6 nitrogen and oxygen atoms in total. The second-order valence-corrected chi connectivity index (χ2v) is 10.8. The molecule has 1 heterocycles. The second-order valence-electron chi connectivity index (χ2n) is 8.32. The Labute approximate surface area is 188 Å². The molecule has 8 heteroatoms. The SMILES string of the molecule is C[C@@H]1CN([C@H](C)[C@@H](O)c2cc(Cl)cc(C#N)c2)C[C@H]1COc1ccc(S(C)(=O)=O)cc1. The predicted octanol–water partition coefficient (Wildman–Crippen LogP) is 3.68. The number of hydrogen-bond acceptors (Lipinski definition) is 6. The first-order valence-corrected chi connectivity index (χ1v) is 12.4. The lowest BCUT2D eigenvalue weighted by Crippen LogP contribution is -2.36. The Balaban J connectivity index is 1.61. The average molecular weight is 463 g/mol. The predicted molar refractivity (Wildman–Crippen MR) is 120 cm³/mol. The molecule has 0 radical (unpaired) electrons. The van der Waals surface area contributed by atoms with Gasteiger partial charge in [-0.1, -0.05) is 18.5 Å². The van der Waals surface area contributed by atoms with Gasteiger partial charge in [0.05, 0.1) is 29.2 Å². The highest BCUT2D eigenvalue weighted by atomic mass is 35.5. The van der Waals surface area contributed by atoms with Gasteiger partial charge in [-0.3, -0.25) is 4.90 Å². The van der Waals surface area contributed by atoms with E-state index >= 15 is 0 Å². The number of aliphatic hydroxyl groups is 1. The summed E-state index contributed by atoms with van der Waals surface area (Å²) in [5.74, 6) is 1.28. The van der Waals surface area contributed by atoms with Crippen LogP contribution in [0.4, 0.5) is 0 Å². The van der Waals surface area contributed by atoms with E-state index in [0.29, 0.717) is 34.4 Å². The number of aliphatic hydroxyl groups excluding tert-OH is 1. The summed E-state index contributed by atoms with van der Waals surface area (Å²) in [5, 5.41) is 20.5. The number of rotatable bonds is 7. The monoisotopic (exact) mass is 462 g/mol. The van der Waals surface area contributed by atoms with E-state index in [9.17, 15) is 13.5 Å². The molecular formula is C23H27ClN2O4S. The van der Waals surface area contributed by atoms with Gasteiger partial charge in [-0.2, -0.15) is 5.26 Å². The average Bonchev–Trinajstić information content (AvgIpc) is 3.10. The molecule has 1 fully saturated rings. The molecule has 166 valence electrons. The highest BCUT2D eigenvalue weighted by Crippen LogP contribution is 2.31. The minimum absolute atomic E-state index is 0.147. The quantitative estimate of drug-likeness (QED) is 0.674. The summed E-state index contributed by atoms with van der Waals surface area (Å²) >= 11 is 6.09. The van der Waals surface area contributed by atoms with Gasteiger partial charge in [-0.25, -0.2) is 8.42 Å². The Kier molecular flexibility index (Phi) is 7.28. The summed E-state index contributed by atoms with van der Waals surface area (Å²) in [7, 11) is -3.23. The number of ether oxygens (including phenoxy) is 1. The molecule has 2 aromatic rings. The smallest absolute Gasteiger partial charge is 0.175 e. The number of nitrogens with zero attached hydrogens (tertiary/aromatic N) is 2. The first-order chi connectivity index (χ1) is 14.6. The zero-order valence-corrected chi connectivity index (χ0v) is 19.4. The summed E-state index contributed by atoms with van der Waals surface area (Å²) in [4.78, 5) is 2.49. The highest BCUT2D eigenvalue weighted by Gasteiger charge is 2.35. The van der Waals surface area contributed by atoms with Crippen molar-refractivity contribution in [2.75, 3.05) is 26.0 Å². The summed E-state index contributed by atoms with van der Waals surface area (Å²) < 4.78 is 29.1. The minimum Gasteiger partial charge on any atom is -0.493 e. The van der Waals surface area contributed by atoms with Crippen LogP contribution in [0.15, 0.2) is 47.4 Å². The maximum atomic E-state index is 11.6. The van der Waals surface area contributed by atoms with E-state index in [1.54, 1.807) is 42.5 Å². The van der Waals surface area contributed by atoms with E-state index in [2.05, 4.69) is 17.9 Å². The number of benzene rings is 2. The Bertz CT molecular complexity index is 1070. The third-order valence-electron chi connectivity index (χ3n) is 5.94. The van der Waals surface area contributed by atoms with Crippen LogP contribution in [0.1, 0.15) is 31.1 Å². The van der Waals surface area contributed by atoms with Crippen LogP contribution in [0.3, 0.4) is 0 Å². The van der Waals surface area contributed by atoms with Crippen molar-refractivity contribution in [2.45, 2.75) is 30.9 Å². The highest BCUT2D eigenvalue weighted by molar-refractivity contribution is 7.90. The molecule has 1 aliphatic rings. The van der Waals surface area contributed by atoms with Crippen molar-refractivity contribution >= 4 is 21.4 Å². The number of sulfone groups is 1. The fourth-order valence-corrected chi connectivity index (χ4v) is 4.81. The lowest BCUT2D eigenvalue weighted by atomic mass is 9.99. The van der Waals surface area contributed by atoms with Crippen LogP contribution in [0.2, 0.25) is 5.02 Å². The lowest BCUT2D eigenvalue weighted by Gasteiger charge is -2.29. The molecule has 0 bridgehead atoms. The molecule has 1 saturated heterocycles. The molecule has 3 rings (SSSR count). The van der Waals surface area contributed by atoms with Crippen LogP contribution < -0.4 is 4.74 Å². The minimum atomic E-state index is -3.23. The standard InChI is InChI=1S/C23H27ClN2O4S/c1-15-12-26(16(2)23(27)18-8-17(11-25)9-20(24)10-18)13-19(15)14-30-21-4-6-22(7-5-21)31(3,28)29/h4-10,15-16,19,23,27H,12-14H2,1-3H3/t15-,16-,19+,23-/m1/s1. The van der Waals surface area contributed by atoms with Gasteiger partial charge in [0.25, 0.3) is 0 Å². The largest absolute Gasteiger partial charge is 0.493 e. The molecule has 31 heavy (non-hydrogen) atoms. The molecule has 2 aromatic carbocycles. The van der Waals surface area contributed by atoms with Gasteiger partial charge in [-0.05, 0) is 60.9 Å². The van der Waals surface area contributed by atoms with Gasteiger partial charge in [0, 0.05) is 36.3 Å². The number of likely N-dealkylation sites (tertiary alicyclic amines) is 1. The van der Waals surface area contributed by atoms with E-state index in [-0.39, 0.29) is 16.9 Å². The molecule has 0 saturated carbocycles. The van der Waals surface area contributed by atoms with Crippen molar-refractivity contribution < 1.29 is 18.3 Å². The van der Waals surface area contributed by atoms with Gasteiger partial charge in [-0.15, -0.1) is 0 Å². The normalized spacial score (nSPS) is 21.4. The van der Waals surface area contributed by atoms with Gasteiger partial charge >= 0.3 is 0 Å². The van der Waals surface area contributed by atoms with Crippen molar-refractivity contribution in [3.05, 3.63) is 58.6 Å². The van der Waals surface area contributed by atoms with Crippen molar-refractivity contribution in [3.8, 4) is 11.8 Å². The Morgan fingerprint density at radius 1 is 1.26 bits per heavy atom. The van der Waals surface area contributed by atoms with Crippen LogP contribution in [0.5, 0.6) is 5.75 Å². The molecule has 0 unspecified atom stereocenters. The lowest BCUT2D eigenvalue weighted by molar-refractivity contribution is 0.0672. The summed E-state index contributed by atoms with van der Waals surface area (Å²) in [6.45, 7) is 6.23. The van der Waals surface area contributed by atoms with E-state index in [1.165, 1.54) is 6.26 Å².